The number of halogens is 3. The van der Waals surface area contributed by atoms with E-state index >= 15 is 0 Å². The van der Waals surface area contributed by atoms with Gasteiger partial charge in [-0.2, -0.15) is 18.3 Å². The first-order chi connectivity index (χ1) is 8.14. The lowest BCUT2D eigenvalue weighted by atomic mass is 10.00. The van der Waals surface area contributed by atoms with Gasteiger partial charge in [0.1, 0.15) is 6.10 Å². The van der Waals surface area contributed by atoms with Crippen LogP contribution in [0.15, 0.2) is 0 Å². The molecule has 0 amide bonds. The number of aromatic nitrogens is 2. The van der Waals surface area contributed by atoms with E-state index in [0.717, 1.165) is 0 Å². The van der Waals surface area contributed by atoms with E-state index in [0.29, 0.717) is 0 Å². The number of hydrogen-bond acceptors (Lipinski definition) is 4. The first-order valence-corrected chi connectivity index (χ1v) is 4.84. The Labute approximate surface area is 99.1 Å². The van der Waals surface area contributed by atoms with Gasteiger partial charge in [0.25, 0.3) is 0 Å². The zero-order valence-corrected chi connectivity index (χ0v) is 9.19. The molecule has 0 saturated carbocycles. The van der Waals surface area contributed by atoms with E-state index in [1.807, 2.05) is 5.10 Å². The first-order valence-electron chi connectivity index (χ1n) is 4.84. The molecule has 2 unspecified atom stereocenters. The van der Waals surface area contributed by atoms with Crippen LogP contribution in [0.5, 0.6) is 0 Å². The van der Waals surface area contributed by atoms with Crippen molar-refractivity contribution in [2.24, 2.45) is 0 Å². The standard InChI is InChI=1S/C9H11F3N2O4/c1-3-6(7(18)4(15)2-5(16)17)8(14-13-3)9(10,11)12/h4,7,15,18H,2H2,1H3,(H,13,14)(H,16,17). The minimum Gasteiger partial charge on any atom is -0.481 e. The third-order valence-corrected chi connectivity index (χ3v) is 2.31. The van der Waals surface area contributed by atoms with Crippen molar-refractivity contribution in [1.29, 1.82) is 0 Å². The highest BCUT2D eigenvalue weighted by molar-refractivity contribution is 5.67. The quantitative estimate of drug-likeness (QED) is 0.640. The van der Waals surface area contributed by atoms with Crippen LogP contribution >= 0.6 is 0 Å². The van der Waals surface area contributed by atoms with E-state index in [4.69, 9.17) is 5.11 Å². The molecule has 102 valence electrons. The lowest BCUT2D eigenvalue weighted by molar-refractivity contribution is -0.144. The maximum absolute atomic E-state index is 12.6. The summed E-state index contributed by atoms with van der Waals surface area (Å²) in [5.41, 5.74) is -2.09. The number of carboxylic acids is 1. The van der Waals surface area contributed by atoms with Gasteiger partial charge in [0.2, 0.25) is 0 Å². The van der Waals surface area contributed by atoms with Crippen molar-refractivity contribution < 1.29 is 33.3 Å². The zero-order chi connectivity index (χ0) is 14.1. The van der Waals surface area contributed by atoms with Crippen LogP contribution in [-0.2, 0) is 11.0 Å². The number of nitrogens with one attached hydrogen (secondary N) is 1. The van der Waals surface area contributed by atoms with Gasteiger partial charge in [-0.3, -0.25) is 9.89 Å². The van der Waals surface area contributed by atoms with Crippen LogP contribution in [-0.4, -0.2) is 37.6 Å². The van der Waals surface area contributed by atoms with Crippen LogP contribution in [0.4, 0.5) is 13.2 Å². The van der Waals surface area contributed by atoms with Crippen LogP contribution in [0.1, 0.15) is 29.5 Å². The minimum atomic E-state index is -4.80. The molecule has 1 aromatic heterocycles. The summed E-state index contributed by atoms with van der Waals surface area (Å²) in [6, 6.07) is 0. The Morgan fingerprint density at radius 3 is 2.44 bits per heavy atom. The Kier molecular flexibility index (Phi) is 3.97. The molecule has 0 saturated heterocycles. The number of nitrogens with zero attached hydrogens (tertiary/aromatic N) is 1. The Balaban J connectivity index is 3.09. The Morgan fingerprint density at radius 1 is 1.44 bits per heavy atom. The smallest absolute Gasteiger partial charge is 0.435 e. The van der Waals surface area contributed by atoms with E-state index in [9.17, 15) is 28.2 Å². The van der Waals surface area contributed by atoms with E-state index in [-0.39, 0.29) is 5.69 Å². The van der Waals surface area contributed by atoms with Gasteiger partial charge in [-0.1, -0.05) is 0 Å². The van der Waals surface area contributed by atoms with Crippen molar-refractivity contribution in [3.05, 3.63) is 17.0 Å². The van der Waals surface area contributed by atoms with Crippen molar-refractivity contribution in [2.45, 2.75) is 31.7 Å². The molecule has 0 radical (unpaired) electrons. The first kappa shape index (κ1) is 14.5. The molecule has 0 aromatic carbocycles. The molecule has 1 aromatic rings. The number of aliphatic hydroxyl groups is 2. The molecule has 1 heterocycles. The van der Waals surface area contributed by atoms with Gasteiger partial charge >= 0.3 is 12.1 Å². The number of rotatable bonds is 4. The molecule has 0 aliphatic heterocycles. The number of aromatic amines is 1. The largest absolute Gasteiger partial charge is 0.481 e. The third-order valence-electron chi connectivity index (χ3n) is 2.31. The Hall–Kier alpha value is -1.61. The van der Waals surface area contributed by atoms with Crippen LogP contribution < -0.4 is 0 Å². The molecule has 2 atom stereocenters. The summed E-state index contributed by atoms with van der Waals surface area (Å²) in [7, 11) is 0. The monoisotopic (exact) mass is 268 g/mol. The highest BCUT2D eigenvalue weighted by Gasteiger charge is 2.40. The Morgan fingerprint density at radius 2 is 2.00 bits per heavy atom. The van der Waals surface area contributed by atoms with Crippen LogP contribution in [0.3, 0.4) is 0 Å². The summed E-state index contributed by atoms with van der Waals surface area (Å²) < 4.78 is 37.7. The predicted octanol–water partition coefficient (Wildman–Crippen LogP) is 0.606. The number of carbonyl (C=O) groups is 1. The SMILES string of the molecule is Cc1[nH]nc(C(F)(F)F)c1C(O)C(O)CC(=O)O. The van der Waals surface area contributed by atoms with Gasteiger partial charge in [-0.05, 0) is 6.92 Å². The summed E-state index contributed by atoms with van der Waals surface area (Å²) in [5, 5.41) is 32.4. The molecule has 0 spiro atoms. The normalized spacial score (nSPS) is 15.4. The lowest BCUT2D eigenvalue weighted by Gasteiger charge is -2.18. The van der Waals surface area contributed by atoms with Crippen molar-refractivity contribution in [3.63, 3.8) is 0 Å². The number of hydrogen-bond donors (Lipinski definition) is 4. The summed E-state index contributed by atoms with van der Waals surface area (Å²) in [5.74, 6) is -1.43. The van der Waals surface area contributed by atoms with Gasteiger partial charge in [-0.25, -0.2) is 0 Å². The summed E-state index contributed by atoms with van der Waals surface area (Å²) in [4.78, 5) is 10.3. The second-order valence-electron chi connectivity index (χ2n) is 3.72. The molecule has 18 heavy (non-hydrogen) atoms. The van der Waals surface area contributed by atoms with Crippen LogP contribution in [0.2, 0.25) is 0 Å². The average molecular weight is 268 g/mol. The number of H-pyrrole nitrogens is 1. The fourth-order valence-electron chi connectivity index (χ4n) is 1.50. The average Bonchev–Trinajstić information content (AvgIpc) is 2.57. The summed E-state index contributed by atoms with van der Waals surface area (Å²) >= 11 is 0. The minimum absolute atomic E-state index is 0.0840. The number of carboxylic acid groups (broad SMARTS) is 1. The Bertz CT molecular complexity index is 444. The topological polar surface area (TPSA) is 106 Å². The predicted molar refractivity (Wildman–Crippen MR) is 51.5 cm³/mol. The van der Waals surface area contributed by atoms with Gasteiger partial charge in [0.05, 0.1) is 12.5 Å². The molecule has 0 fully saturated rings. The maximum atomic E-state index is 12.6. The second kappa shape index (κ2) is 4.94. The molecule has 9 heteroatoms. The zero-order valence-electron chi connectivity index (χ0n) is 9.19. The van der Waals surface area contributed by atoms with Crippen molar-refractivity contribution in [2.75, 3.05) is 0 Å². The number of aliphatic hydroxyl groups excluding tert-OH is 2. The van der Waals surface area contributed by atoms with E-state index in [2.05, 4.69) is 5.10 Å². The van der Waals surface area contributed by atoms with Crippen LogP contribution in [0, 0.1) is 6.92 Å². The molecule has 6 nitrogen and oxygen atoms in total. The van der Waals surface area contributed by atoms with Crippen molar-refractivity contribution in [3.8, 4) is 0 Å². The molecule has 4 N–H and O–H groups in total. The van der Waals surface area contributed by atoms with Gasteiger partial charge in [0, 0.05) is 11.3 Å². The lowest BCUT2D eigenvalue weighted by Crippen LogP contribution is -2.24. The fourth-order valence-corrected chi connectivity index (χ4v) is 1.50. The number of aryl methyl sites for hydroxylation is 1. The van der Waals surface area contributed by atoms with E-state index in [1.165, 1.54) is 6.92 Å². The molecule has 0 aliphatic carbocycles. The van der Waals surface area contributed by atoms with Gasteiger partial charge < -0.3 is 15.3 Å². The highest BCUT2D eigenvalue weighted by Crippen LogP contribution is 2.35. The fraction of sp³-hybridized carbons (Fsp3) is 0.556. The maximum Gasteiger partial charge on any atom is 0.435 e. The van der Waals surface area contributed by atoms with Gasteiger partial charge in [-0.15, -0.1) is 0 Å². The molecule has 0 bridgehead atoms. The van der Waals surface area contributed by atoms with Crippen molar-refractivity contribution >= 4 is 5.97 Å². The molecular formula is C9H11F3N2O4. The third kappa shape index (κ3) is 2.99. The second-order valence-corrected chi connectivity index (χ2v) is 3.72. The van der Waals surface area contributed by atoms with E-state index < -0.39 is 42.0 Å². The molecular weight excluding hydrogens is 257 g/mol. The molecule has 1 rings (SSSR count). The summed E-state index contributed by atoms with van der Waals surface area (Å²) in [6.45, 7) is 1.23. The van der Waals surface area contributed by atoms with Crippen LogP contribution in [0.25, 0.3) is 0 Å². The van der Waals surface area contributed by atoms with Crippen molar-refractivity contribution in [1.82, 2.24) is 10.2 Å². The highest BCUT2D eigenvalue weighted by atomic mass is 19.4. The van der Waals surface area contributed by atoms with E-state index in [1.54, 1.807) is 0 Å². The number of aliphatic carboxylic acids is 1. The number of alkyl halides is 3. The van der Waals surface area contributed by atoms with Gasteiger partial charge in [0.15, 0.2) is 5.69 Å². The molecule has 0 aliphatic rings. The summed E-state index contributed by atoms with van der Waals surface area (Å²) in [6.07, 6.45) is -9.50.